The van der Waals surface area contributed by atoms with Crippen LogP contribution in [0.5, 0.6) is 17.2 Å². The van der Waals surface area contributed by atoms with E-state index in [0.717, 1.165) is 0 Å². The van der Waals surface area contributed by atoms with Gasteiger partial charge in [-0.2, -0.15) is 9.97 Å². The number of anilines is 6. The predicted octanol–water partition coefficient (Wildman–Crippen LogP) is 5.48. The van der Waals surface area contributed by atoms with E-state index in [4.69, 9.17) is 14.2 Å². The van der Waals surface area contributed by atoms with E-state index in [1.165, 1.54) is 20.8 Å². The van der Waals surface area contributed by atoms with E-state index in [-0.39, 0.29) is 5.95 Å². The number of benzene rings is 3. The smallest absolute Gasteiger partial charge is 0.308 e. The van der Waals surface area contributed by atoms with Gasteiger partial charge >= 0.3 is 17.9 Å². The first-order valence-corrected chi connectivity index (χ1v) is 11.8. The maximum Gasteiger partial charge on any atom is 0.308 e. The van der Waals surface area contributed by atoms with E-state index in [0.29, 0.717) is 45.9 Å². The largest absolute Gasteiger partial charge is 0.427 e. The lowest BCUT2D eigenvalue weighted by Gasteiger charge is -2.13. The zero-order valence-corrected chi connectivity index (χ0v) is 21.3. The summed E-state index contributed by atoms with van der Waals surface area (Å²) < 4.78 is 15.2. The Morgan fingerprint density at radius 1 is 0.513 bits per heavy atom. The van der Waals surface area contributed by atoms with Gasteiger partial charge < -0.3 is 30.2 Å². The lowest BCUT2D eigenvalue weighted by atomic mass is 10.3. The van der Waals surface area contributed by atoms with Crippen LogP contribution in [-0.4, -0.2) is 27.9 Å². The lowest BCUT2D eigenvalue weighted by Crippen LogP contribution is -2.05. The van der Waals surface area contributed by atoms with Gasteiger partial charge in [-0.25, -0.2) is 0 Å². The van der Waals surface area contributed by atoms with Crippen LogP contribution in [0.4, 0.5) is 34.6 Å². The molecule has 1 aromatic heterocycles. The van der Waals surface area contributed by atoms with Crippen molar-refractivity contribution in [3.63, 3.8) is 0 Å². The number of ether oxygens (including phenoxy) is 3. The summed E-state index contributed by atoms with van der Waals surface area (Å²) in [6.07, 6.45) is 0. The summed E-state index contributed by atoms with van der Waals surface area (Å²) in [5.74, 6) is 1.29. The minimum absolute atomic E-state index is 0.288. The molecule has 0 radical (unpaired) electrons. The fraction of sp³-hybridized carbons (Fsp3) is 0.107. The zero-order valence-electron chi connectivity index (χ0n) is 21.3. The Morgan fingerprint density at radius 3 is 1.13 bits per heavy atom. The minimum Gasteiger partial charge on any atom is -0.427 e. The Kier molecular flexibility index (Phi) is 8.32. The summed E-state index contributed by atoms with van der Waals surface area (Å²) >= 11 is 0. The summed E-state index contributed by atoms with van der Waals surface area (Å²) in [4.78, 5) is 42.7. The van der Waals surface area contributed by atoms with Crippen molar-refractivity contribution in [2.75, 3.05) is 16.0 Å². The van der Waals surface area contributed by atoms with Crippen LogP contribution in [0.3, 0.4) is 0 Å². The Bertz CT molecular complexity index is 1280. The van der Waals surface area contributed by atoms with Crippen LogP contribution in [0.25, 0.3) is 0 Å². The highest BCUT2D eigenvalue weighted by Crippen LogP contribution is 2.26. The second kappa shape index (κ2) is 12.2. The summed E-state index contributed by atoms with van der Waals surface area (Å²) in [6.45, 7) is 4.01. The third kappa shape index (κ3) is 8.29. The number of rotatable bonds is 9. The number of carbonyl (C=O) groups excluding carboxylic acids is 3. The molecule has 0 fully saturated rings. The Balaban J connectivity index is 1.57. The first-order valence-electron chi connectivity index (χ1n) is 11.8. The van der Waals surface area contributed by atoms with Gasteiger partial charge in [0.1, 0.15) is 28.9 Å². The van der Waals surface area contributed by atoms with Gasteiger partial charge in [-0.05, 0) is 72.8 Å². The molecular weight excluding hydrogens is 502 g/mol. The molecule has 3 aromatic carbocycles. The molecule has 0 unspecified atom stereocenters. The van der Waals surface area contributed by atoms with Crippen LogP contribution >= 0.6 is 0 Å². The molecule has 0 aliphatic heterocycles. The van der Waals surface area contributed by atoms with Gasteiger partial charge in [0.2, 0.25) is 5.95 Å². The van der Waals surface area contributed by atoms with E-state index >= 15 is 0 Å². The number of esters is 3. The van der Waals surface area contributed by atoms with Crippen LogP contribution in [0.1, 0.15) is 20.8 Å². The average molecular weight is 528 g/mol. The van der Waals surface area contributed by atoms with Crippen LogP contribution < -0.4 is 30.2 Å². The van der Waals surface area contributed by atoms with Crippen molar-refractivity contribution in [1.29, 1.82) is 0 Å². The van der Waals surface area contributed by atoms with Gasteiger partial charge in [0.25, 0.3) is 0 Å². The number of aromatic nitrogens is 2. The molecule has 198 valence electrons. The van der Waals surface area contributed by atoms with Crippen molar-refractivity contribution in [3.8, 4) is 17.2 Å². The molecule has 39 heavy (non-hydrogen) atoms. The Morgan fingerprint density at radius 2 is 0.821 bits per heavy atom. The first kappa shape index (κ1) is 26.6. The van der Waals surface area contributed by atoms with Gasteiger partial charge in [0.05, 0.1) is 0 Å². The van der Waals surface area contributed by atoms with Crippen molar-refractivity contribution in [1.82, 2.24) is 9.97 Å². The van der Waals surface area contributed by atoms with E-state index in [1.807, 2.05) is 0 Å². The summed E-state index contributed by atoms with van der Waals surface area (Å²) in [7, 11) is 0. The number of hydrogen-bond donors (Lipinski definition) is 3. The summed E-state index contributed by atoms with van der Waals surface area (Å²) in [5, 5.41) is 9.56. The molecule has 1 heterocycles. The molecule has 0 aliphatic rings. The molecule has 4 aromatic rings. The molecule has 3 N–H and O–H groups in total. The lowest BCUT2D eigenvalue weighted by molar-refractivity contribution is -0.132. The number of carbonyl (C=O) groups is 3. The SMILES string of the molecule is CC(=O)Oc1ccc(Nc2cc(Nc3ccc(OC(C)=O)cc3)nc(Nc3ccc(OC(C)=O)cc3)n2)cc1. The van der Waals surface area contributed by atoms with Crippen LogP contribution in [0, 0.1) is 0 Å². The van der Waals surface area contributed by atoms with Crippen molar-refractivity contribution in [2.24, 2.45) is 0 Å². The van der Waals surface area contributed by atoms with Gasteiger partial charge in [-0.1, -0.05) is 0 Å². The standard InChI is InChI=1S/C28H25N5O6/c1-17(34)37-23-10-4-20(5-11-23)29-26-16-27(30-21-6-12-24(13-7-21)38-18(2)35)33-28(32-26)31-22-8-14-25(15-9-22)39-19(3)36/h4-16H,1-3H3,(H3,29,30,31,32,33). The van der Waals surface area contributed by atoms with Crippen molar-refractivity contribution >= 4 is 52.6 Å². The summed E-state index contributed by atoms with van der Waals surface area (Å²) in [5.41, 5.74) is 2.08. The first-order chi connectivity index (χ1) is 18.7. The number of hydrogen-bond acceptors (Lipinski definition) is 11. The zero-order chi connectivity index (χ0) is 27.8. The van der Waals surface area contributed by atoms with Crippen LogP contribution in [0.2, 0.25) is 0 Å². The number of nitrogens with zero attached hydrogens (tertiary/aromatic N) is 2. The Labute approximate surface area is 224 Å². The fourth-order valence-electron chi connectivity index (χ4n) is 3.37. The van der Waals surface area contributed by atoms with Gasteiger partial charge in [-0.15, -0.1) is 0 Å². The third-order valence-corrected chi connectivity index (χ3v) is 4.87. The molecule has 4 rings (SSSR count). The van der Waals surface area contributed by atoms with Gasteiger partial charge in [0, 0.05) is 43.9 Å². The van der Waals surface area contributed by atoms with Crippen LogP contribution in [0.15, 0.2) is 78.9 Å². The molecule has 0 amide bonds. The second-order valence-corrected chi connectivity index (χ2v) is 8.19. The molecule has 0 saturated heterocycles. The topological polar surface area (TPSA) is 141 Å². The molecule has 0 atom stereocenters. The highest BCUT2D eigenvalue weighted by Gasteiger charge is 2.09. The van der Waals surface area contributed by atoms with E-state index in [2.05, 4.69) is 25.9 Å². The fourth-order valence-corrected chi connectivity index (χ4v) is 3.37. The van der Waals surface area contributed by atoms with Crippen LogP contribution in [-0.2, 0) is 14.4 Å². The normalized spacial score (nSPS) is 10.2. The maximum atomic E-state index is 11.2. The minimum atomic E-state index is -0.407. The van der Waals surface area contributed by atoms with E-state index in [1.54, 1.807) is 78.9 Å². The summed E-state index contributed by atoms with van der Waals surface area (Å²) in [6, 6.07) is 22.2. The van der Waals surface area contributed by atoms with Crippen molar-refractivity contribution in [3.05, 3.63) is 78.9 Å². The third-order valence-electron chi connectivity index (χ3n) is 4.87. The average Bonchev–Trinajstić information content (AvgIpc) is 2.87. The second-order valence-electron chi connectivity index (χ2n) is 8.19. The molecule has 0 aliphatic carbocycles. The Hall–Kier alpha value is -5.45. The van der Waals surface area contributed by atoms with Crippen molar-refractivity contribution in [2.45, 2.75) is 20.8 Å². The van der Waals surface area contributed by atoms with Gasteiger partial charge in [-0.3, -0.25) is 14.4 Å². The molecule has 0 spiro atoms. The van der Waals surface area contributed by atoms with E-state index in [9.17, 15) is 14.4 Å². The highest BCUT2D eigenvalue weighted by molar-refractivity contribution is 5.72. The molecule has 11 nitrogen and oxygen atoms in total. The molecular formula is C28H25N5O6. The molecule has 11 heteroatoms. The maximum absolute atomic E-state index is 11.2. The van der Waals surface area contributed by atoms with Gasteiger partial charge in [0.15, 0.2) is 0 Å². The van der Waals surface area contributed by atoms with Crippen molar-refractivity contribution < 1.29 is 28.6 Å². The quantitative estimate of drug-likeness (QED) is 0.188. The highest BCUT2D eigenvalue weighted by atomic mass is 16.5. The number of nitrogens with one attached hydrogen (secondary N) is 3. The molecule has 0 saturated carbocycles. The van der Waals surface area contributed by atoms with E-state index < -0.39 is 17.9 Å². The monoisotopic (exact) mass is 527 g/mol. The molecule has 0 bridgehead atoms. The predicted molar refractivity (Wildman–Crippen MR) is 145 cm³/mol.